The lowest BCUT2D eigenvalue weighted by molar-refractivity contribution is 0.582. The fourth-order valence-electron chi connectivity index (χ4n) is 1.99. The third-order valence-electron chi connectivity index (χ3n) is 2.99. The molecule has 19 heavy (non-hydrogen) atoms. The van der Waals surface area contributed by atoms with Gasteiger partial charge in [0.15, 0.2) is 11.6 Å². The second-order valence-electron chi connectivity index (χ2n) is 4.94. The van der Waals surface area contributed by atoms with Crippen molar-refractivity contribution in [2.45, 2.75) is 26.4 Å². The monoisotopic (exact) mass is 255 g/mol. The number of para-hydroxylation sites is 1. The quantitative estimate of drug-likeness (QED) is 0.752. The largest absolute Gasteiger partial charge is 0.453 e. The molecule has 0 unspecified atom stereocenters. The molecular formula is C15H17N3O. The smallest absolute Gasteiger partial charge is 0.173 e. The van der Waals surface area contributed by atoms with Crippen LogP contribution in [-0.4, -0.2) is 16.0 Å². The fraction of sp³-hybridized carbons (Fsp3) is 0.267. The number of hydrogen-bond donors (Lipinski definition) is 2. The van der Waals surface area contributed by atoms with Gasteiger partial charge in [0.1, 0.15) is 5.58 Å². The van der Waals surface area contributed by atoms with Crippen molar-refractivity contribution in [2.75, 3.05) is 0 Å². The van der Waals surface area contributed by atoms with Gasteiger partial charge < -0.3 is 14.7 Å². The van der Waals surface area contributed by atoms with Crippen LogP contribution >= 0.6 is 0 Å². The number of aromatic amines is 1. The molecule has 4 nitrogen and oxygen atoms in total. The lowest BCUT2D eigenvalue weighted by Crippen LogP contribution is -2.21. The van der Waals surface area contributed by atoms with E-state index in [1.54, 1.807) is 0 Å². The molecule has 0 bridgehead atoms. The fourth-order valence-corrected chi connectivity index (χ4v) is 1.99. The van der Waals surface area contributed by atoms with Gasteiger partial charge in [0.2, 0.25) is 0 Å². The Morgan fingerprint density at radius 1 is 1.32 bits per heavy atom. The minimum Gasteiger partial charge on any atom is -0.453 e. The summed E-state index contributed by atoms with van der Waals surface area (Å²) in [6.07, 6.45) is 1.85. The second-order valence-corrected chi connectivity index (χ2v) is 4.94. The molecule has 2 heterocycles. The average molecular weight is 255 g/mol. The van der Waals surface area contributed by atoms with Crippen LogP contribution in [0, 0.1) is 0 Å². The van der Waals surface area contributed by atoms with Gasteiger partial charge in [-0.05, 0) is 12.1 Å². The molecule has 0 saturated heterocycles. The van der Waals surface area contributed by atoms with E-state index in [-0.39, 0.29) is 0 Å². The molecule has 0 spiro atoms. The molecule has 0 fully saturated rings. The summed E-state index contributed by atoms with van der Waals surface area (Å²) >= 11 is 0. The van der Waals surface area contributed by atoms with Crippen LogP contribution in [0.5, 0.6) is 0 Å². The first kappa shape index (κ1) is 12.0. The highest BCUT2D eigenvalue weighted by atomic mass is 16.3. The van der Waals surface area contributed by atoms with E-state index in [1.165, 1.54) is 0 Å². The number of nitrogens with one attached hydrogen (secondary N) is 2. The third kappa shape index (κ3) is 2.53. The zero-order valence-corrected chi connectivity index (χ0v) is 11.1. The summed E-state index contributed by atoms with van der Waals surface area (Å²) < 4.78 is 5.78. The van der Waals surface area contributed by atoms with Gasteiger partial charge in [-0.15, -0.1) is 0 Å². The van der Waals surface area contributed by atoms with Crippen LogP contribution in [0.4, 0.5) is 0 Å². The van der Waals surface area contributed by atoms with Gasteiger partial charge in [0, 0.05) is 23.7 Å². The number of furan rings is 1. The van der Waals surface area contributed by atoms with Gasteiger partial charge in [-0.2, -0.15) is 0 Å². The number of rotatable bonds is 4. The maximum Gasteiger partial charge on any atom is 0.173 e. The predicted octanol–water partition coefficient (Wildman–Crippen LogP) is 3.32. The van der Waals surface area contributed by atoms with E-state index >= 15 is 0 Å². The molecular weight excluding hydrogens is 238 g/mol. The van der Waals surface area contributed by atoms with E-state index in [0.717, 1.165) is 34.8 Å². The maximum absolute atomic E-state index is 5.78. The van der Waals surface area contributed by atoms with E-state index in [0.29, 0.717) is 6.04 Å². The summed E-state index contributed by atoms with van der Waals surface area (Å²) in [7, 11) is 0. The topological polar surface area (TPSA) is 53.9 Å². The van der Waals surface area contributed by atoms with Crippen LogP contribution in [0.3, 0.4) is 0 Å². The highest BCUT2D eigenvalue weighted by Crippen LogP contribution is 2.25. The predicted molar refractivity (Wildman–Crippen MR) is 75.8 cm³/mol. The minimum atomic E-state index is 0.456. The van der Waals surface area contributed by atoms with Crippen molar-refractivity contribution in [2.24, 2.45) is 0 Å². The molecule has 0 aliphatic carbocycles. The molecule has 3 rings (SSSR count). The lowest BCUT2D eigenvalue weighted by atomic mass is 10.2. The van der Waals surface area contributed by atoms with Crippen molar-refractivity contribution in [1.82, 2.24) is 15.3 Å². The Hall–Kier alpha value is -2.07. The van der Waals surface area contributed by atoms with Crippen molar-refractivity contribution >= 4 is 11.0 Å². The van der Waals surface area contributed by atoms with Gasteiger partial charge in [-0.25, -0.2) is 4.98 Å². The van der Waals surface area contributed by atoms with Crippen molar-refractivity contribution in [3.8, 4) is 11.6 Å². The summed E-state index contributed by atoms with van der Waals surface area (Å²) in [5.41, 5.74) is 1.94. The number of fused-ring (bicyclic) bond motifs is 1. The number of aromatic nitrogens is 2. The Morgan fingerprint density at radius 2 is 2.16 bits per heavy atom. The maximum atomic E-state index is 5.78. The first-order chi connectivity index (χ1) is 9.22. The first-order valence-electron chi connectivity index (χ1n) is 6.48. The molecule has 0 amide bonds. The Morgan fingerprint density at radius 3 is 2.95 bits per heavy atom. The number of nitrogens with zero attached hydrogens (tertiary/aromatic N) is 1. The molecule has 0 aliphatic rings. The Labute approximate surface area is 111 Å². The van der Waals surface area contributed by atoms with E-state index in [1.807, 2.05) is 36.5 Å². The summed E-state index contributed by atoms with van der Waals surface area (Å²) in [4.78, 5) is 7.65. The van der Waals surface area contributed by atoms with Crippen molar-refractivity contribution in [1.29, 1.82) is 0 Å². The molecule has 98 valence electrons. The SMILES string of the molecule is CC(C)NCc1cnc(-c2cc3ccccc3o2)[nH]1. The second kappa shape index (κ2) is 4.90. The van der Waals surface area contributed by atoms with Crippen molar-refractivity contribution in [3.05, 3.63) is 42.2 Å². The summed E-state index contributed by atoms with van der Waals surface area (Å²) in [5, 5.41) is 4.44. The highest BCUT2D eigenvalue weighted by Gasteiger charge is 2.09. The zero-order valence-electron chi connectivity index (χ0n) is 11.1. The van der Waals surface area contributed by atoms with Gasteiger partial charge in [-0.1, -0.05) is 32.0 Å². The van der Waals surface area contributed by atoms with Gasteiger partial charge in [0.25, 0.3) is 0 Å². The summed E-state index contributed by atoms with van der Waals surface area (Å²) in [6.45, 7) is 5.03. The van der Waals surface area contributed by atoms with Crippen LogP contribution in [-0.2, 0) is 6.54 Å². The average Bonchev–Trinajstić information content (AvgIpc) is 3.02. The summed E-state index contributed by atoms with van der Waals surface area (Å²) in [6, 6.07) is 10.4. The first-order valence-corrected chi connectivity index (χ1v) is 6.48. The van der Waals surface area contributed by atoms with Gasteiger partial charge in [-0.3, -0.25) is 0 Å². The van der Waals surface area contributed by atoms with Gasteiger partial charge in [0.05, 0.1) is 6.20 Å². The van der Waals surface area contributed by atoms with E-state index in [9.17, 15) is 0 Å². The Bertz CT molecular complexity index is 648. The molecule has 0 atom stereocenters. The van der Waals surface area contributed by atoms with Crippen LogP contribution in [0.25, 0.3) is 22.6 Å². The lowest BCUT2D eigenvalue weighted by Gasteiger charge is -2.05. The zero-order chi connectivity index (χ0) is 13.2. The molecule has 3 aromatic rings. The van der Waals surface area contributed by atoms with E-state index in [2.05, 4.69) is 29.1 Å². The van der Waals surface area contributed by atoms with Crippen molar-refractivity contribution in [3.63, 3.8) is 0 Å². The highest BCUT2D eigenvalue weighted by molar-refractivity contribution is 5.81. The number of benzene rings is 1. The van der Waals surface area contributed by atoms with Crippen LogP contribution in [0.2, 0.25) is 0 Å². The number of H-pyrrole nitrogens is 1. The normalized spacial score (nSPS) is 11.5. The van der Waals surface area contributed by atoms with Crippen LogP contribution in [0.1, 0.15) is 19.5 Å². The third-order valence-corrected chi connectivity index (χ3v) is 2.99. The molecule has 0 aliphatic heterocycles. The molecule has 0 radical (unpaired) electrons. The number of imidazole rings is 1. The number of hydrogen-bond acceptors (Lipinski definition) is 3. The molecule has 4 heteroatoms. The summed E-state index contributed by atoms with van der Waals surface area (Å²) in [5.74, 6) is 1.55. The molecule has 2 aromatic heterocycles. The molecule has 1 aromatic carbocycles. The van der Waals surface area contributed by atoms with Crippen molar-refractivity contribution < 1.29 is 4.42 Å². The Balaban J connectivity index is 1.85. The molecule has 2 N–H and O–H groups in total. The minimum absolute atomic E-state index is 0.456. The van der Waals surface area contributed by atoms with E-state index < -0.39 is 0 Å². The van der Waals surface area contributed by atoms with Gasteiger partial charge >= 0.3 is 0 Å². The van der Waals surface area contributed by atoms with Crippen LogP contribution in [0.15, 0.2) is 40.9 Å². The standard InChI is InChI=1S/C15H17N3O/c1-10(2)16-8-12-9-17-15(18-12)14-7-11-5-3-4-6-13(11)19-14/h3-7,9-10,16H,8H2,1-2H3,(H,17,18). The van der Waals surface area contributed by atoms with Crippen LogP contribution < -0.4 is 5.32 Å². The molecule has 0 saturated carbocycles. The van der Waals surface area contributed by atoms with E-state index in [4.69, 9.17) is 4.42 Å². The Kier molecular flexibility index (Phi) is 3.09.